The molecular weight excluding hydrogens is 212 g/mol. The number of anilines is 2. The predicted molar refractivity (Wildman–Crippen MR) is 67.1 cm³/mol. The molecule has 17 heavy (non-hydrogen) atoms. The molecule has 84 valence electrons. The van der Waals surface area contributed by atoms with E-state index in [-0.39, 0.29) is 0 Å². The summed E-state index contributed by atoms with van der Waals surface area (Å²) < 4.78 is 0. The first kappa shape index (κ1) is 11.0. The van der Waals surface area contributed by atoms with Crippen LogP contribution in [0.2, 0.25) is 0 Å². The van der Waals surface area contributed by atoms with Gasteiger partial charge in [-0.15, -0.1) is 0 Å². The molecule has 1 aromatic carbocycles. The molecule has 0 aliphatic heterocycles. The Bertz CT molecular complexity index is 540. The average Bonchev–Trinajstić information content (AvgIpc) is 2.38. The Morgan fingerprint density at radius 3 is 2.88 bits per heavy atom. The fourth-order valence-corrected chi connectivity index (χ4v) is 1.46. The maximum absolute atomic E-state index is 8.78. The van der Waals surface area contributed by atoms with E-state index in [9.17, 15) is 0 Å². The van der Waals surface area contributed by atoms with Gasteiger partial charge >= 0.3 is 0 Å². The maximum Gasteiger partial charge on any atom is 0.123 e. The van der Waals surface area contributed by atoms with Crippen LogP contribution in [0.25, 0.3) is 0 Å². The van der Waals surface area contributed by atoms with Crippen LogP contribution in [0.15, 0.2) is 42.6 Å². The Morgan fingerprint density at radius 1 is 1.29 bits per heavy atom. The molecule has 0 bridgehead atoms. The van der Waals surface area contributed by atoms with Gasteiger partial charge in [0.05, 0.1) is 23.5 Å². The average molecular weight is 224 g/mol. The Kier molecular flexibility index (Phi) is 3.22. The summed E-state index contributed by atoms with van der Waals surface area (Å²) >= 11 is 0. The number of nitrogen functional groups attached to an aromatic ring is 1. The minimum absolute atomic E-state index is 0.502. The number of hydrogen-bond donors (Lipinski definition) is 2. The zero-order valence-electron chi connectivity index (χ0n) is 9.22. The minimum Gasteiger partial charge on any atom is -0.384 e. The topological polar surface area (TPSA) is 74.7 Å². The SMILES string of the molecule is N#Cc1cccc(CNc2ccc(N)nc2)c1. The molecule has 0 radical (unpaired) electrons. The van der Waals surface area contributed by atoms with Gasteiger partial charge in [-0.05, 0) is 29.8 Å². The van der Waals surface area contributed by atoms with Crippen molar-refractivity contribution in [3.05, 3.63) is 53.7 Å². The molecule has 0 atom stereocenters. The fourth-order valence-electron chi connectivity index (χ4n) is 1.46. The van der Waals surface area contributed by atoms with Crippen LogP contribution >= 0.6 is 0 Å². The molecular formula is C13H12N4. The van der Waals surface area contributed by atoms with E-state index in [4.69, 9.17) is 11.0 Å². The second-order valence-electron chi connectivity index (χ2n) is 3.64. The van der Waals surface area contributed by atoms with Crippen LogP contribution in [0.5, 0.6) is 0 Å². The molecule has 0 fully saturated rings. The third-order valence-corrected chi connectivity index (χ3v) is 2.34. The number of pyridine rings is 1. The summed E-state index contributed by atoms with van der Waals surface area (Å²) in [5.41, 5.74) is 8.12. The molecule has 0 saturated carbocycles. The van der Waals surface area contributed by atoms with Crippen molar-refractivity contribution in [1.82, 2.24) is 4.98 Å². The van der Waals surface area contributed by atoms with E-state index in [2.05, 4.69) is 16.4 Å². The highest BCUT2D eigenvalue weighted by atomic mass is 14.9. The van der Waals surface area contributed by atoms with Crippen molar-refractivity contribution in [1.29, 1.82) is 5.26 Å². The molecule has 4 heteroatoms. The van der Waals surface area contributed by atoms with Crippen LogP contribution in [0.3, 0.4) is 0 Å². The largest absolute Gasteiger partial charge is 0.384 e. The number of nitriles is 1. The molecule has 0 unspecified atom stereocenters. The highest BCUT2D eigenvalue weighted by molar-refractivity contribution is 5.46. The molecule has 0 amide bonds. The Labute approximate surface area is 99.7 Å². The summed E-state index contributed by atoms with van der Waals surface area (Å²) in [5, 5.41) is 12.0. The van der Waals surface area contributed by atoms with Crippen molar-refractivity contribution in [2.75, 3.05) is 11.1 Å². The molecule has 1 heterocycles. The second-order valence-corrected chi connectivity index (χ2v) is 3.64. The second kappa shape index (κ2) is 4.99. The van der Waals surface area contributed by atoms with E-state index in [1.165, 1.54) is 0 Å². The number of hydrogen-bond acceptors (Lipinski definition) is 4. The van der Waals surface area contributed by atoms with Gasteiger partial charge in [0, 0.05) is 6.54 Å². The Balaban J connectivity index is 2.02. The monoisotopic (exact) mass is 224 g/mol. The molecule has 4 nitrogen and oxygen atoms in total. The number of rotatable bonds is 3. The van der Waals surface area contributed by atoms with Crippen LogP contribution in [0.4, 0.5) is 11.5 Å². The van der Waals surface area contributed by atoms with Gasteiger partial charge in [0.1, 0.15) is 5.82 Å². The van der Waals surface area contributed by atoms with Crippen LogP contribution in [-0.2, 0) is 6.54 Å². The first-order valence-electron chi connectivity index (χ1n) is 5.22. The van der Waals surface area contributed by atoms with Gasteiger partial charge in [0.25, 0.3) is 0 Å². The van der Waals surface area contributed by atoms with Crippen molar-refractivity contribution in [3.8, 4) is 6.07 Å². The molecule has 0 aliphatic carbocycles. The van der Waals surface area contributed by atoms with Crippen molar-refractivity contribution < 1.29 is 0 Å². The molecule has 0 aliphatic rings. The van der Waals surface area contributed by atoms with Gasteiger partial charge in [0.2, 0.25) is 0 Å². The summed E-state index contributed by atoms with van der Waals surface area (Å²) in [6.07, 6.45) is 1.68. The quantitative estimate of drug-likeness (QED) is 0.837. The molecule has 2 aromatic rings. The first-order chi connectivity index (χ1) is 8.28. The molecule has 1 aromatic heterocycles. The van der Waals surface area contributed by atoms with Gasteiger partial charge in [-0.25, -0.2) is 4.98 Å². The van der Waals surface area contributed by atoms with Gasteiger partial charge in [-0.3, -0.25) is 0 Å². The van der Waals surface area contributed by atoms with Crippen LogP contribution in [0, 0.1) is 11.3 Å². The molecule has 0 saturated heterocycles. The third kappa shape index (κ3) is 2.95. The molecule has 0 spiro atoms. The summed E-state index contributed by atoms with van der Waals surface area (Å²) in [4.78, 5) is 3.99. The molecule has 2 rings (SSSR count). The maximum atomic E-state index is 8.78. The lowest BCUT2D eigenvalue weighted by molar-refractivity contribution is 1.14. The summed E-state index contributed by atoms with van der Waals surface area (Å²) in [6.45, 7) is 0.654. The zero-order chi connectivity index (χ0) is 12.1. The Morgan fingerprint density at radius 2 is 2.18 bits per heavy atom. The van der Waals surface area contributed by atoms with Gasteiger partial charge in [-0.1, -0.05) is 12.1 Å². The fraction of sp³-hybridized carbons (Fsp3) is 0.0769. The summed E-state index contributed by atoms with van der Waals surface area (Å²) in [6, 6.07) is 13.2. The van der Waals surface area contributed by atoms with Crippen molar-refractivity contribution in [2.24, 2.45) is 0 Å². The van der Waals surface area contributed by atoms with E-state index in [1.54, 1.807) is 18.3 Å². The first-order valence-corrected chi connectivity index (χ1v) is 5.22. The highest BCUT2D eigenvalue weighted by Gasteiger charge is 1.96. The summed E-state index contributed by atoms with van der Waals surface area (Å²) in [5.74, 6) is 0.502. The highest BCUT2D eigenvalue weighted by Crippen LogP contribution is 2.10. The lowest BCUT2D eigenvalue weighted by Gasteiger charge is -2.06. The molecule has 3 N–H and O–H groups in total. The van der Waals surface area contributed by atoms with E-state index < -0.39 is 0 Å². The van der Waals surface area contributed by atoms with Crippen molar-refractivity contribution >= 4 is 11.5 Å². The third-order valence-electron chi connectivity index (χ3n) is 2.34. The standard InChI is InChI=1S/C13H12N4/c14-7-10-2-1-3-11(6-10)8-16-12-4-5-13(15)17-9-12/h1-6,9,16H,8H2,(H2,15,17). The van der Waals surface area contributed by atoms with E-state index in [0.717, 1.165) is 11.3 Å². The van der Waals surface area contributed by atoms with Crippen LogP contribution < -0.4 is 11.1 Å². The van der Waals surface area contributed by atoms with Crippen LogP contribution in [0.1, 0.15) is 11.1 Å². The number of nitrogens with two attached hydrogens (primary N) is 1. The van der Waals surface area contributed by atoms with Gasteiger partial charge < -0.3 is 11.1 Å². The van der Waals surface area contributed by atoms with Crippen molar-refractivity contribution in [3.63, 3.8) is 0 Å². The number of aromatic nitrogens is 1. The normalized spacial score (nSPS) is 9.59. The van der Waals surface area contributed by atoms with Gasteiger partial charge in [-0.2, -0.15) is 5.26 Å². The van der Waals surface area contributed by atoms with Crippen molar-refractivity contribution in [2.45, 2.75) is 6.54 Å². The smallest absolute Gasteiger partial charge is 0.123 e. The Hall–Kier alpha value is -2.54. The van der Waals surface area contributed by atoms with Crippen LogP contribution in [-0.4, -0.2) is 4.98 Å². The number of nitrogens with zero attached hydrogens (tertiary/aromatic N) is 2. The van der Waals surface area contributed by atoms with E-state index >= 15 is 0 Å². The number of nitrogens with one attached hydrogen (secondary N) is 1. The predicted octanol–water partition coefficient (Wildman–Crippen LogP) is 2.15. The van der Waals surface area contributed by atoms with E-state index in [1.807, 2.05) is 24.3 Å². The lowest BCUT2D eigenvalue weighted by atomic mass is 10.1. The minimum atomic E-state index is 0.502. The summed E-state index contributed by atoms with van der Waals surface area (Å²) in [7, 11) is 0. The zero-order valence-corrected chi connectivity index (χ0v) is 9.22. The number of benzene rings is 1. The van der Waals surface area contributed by atoms with E-state index in [0.29, 0.717) is 17.9 Å². The van der Waals surface area contributed by atoms with Gasteiger partial charge in [0.15, 0.2) is 0 Å². The lowest BCUT2D eigenvalue weighted by Crippen LogP contribution is -2.00.